The van der Waals surface area contributed by atoms with E-state index in [2.05, 4.69) is 19.9 Å². The highest BCUT2D eigenvalue weighted by Gasteiger charge is 2.16. The number of pyridine rings is 1. The average molecular weight is 457 g/mol. The van der Waals surface area contributed by atoms with E-state index >= 15 is 0 Å². The molecule has 3 heterocycles. The zero-order chi connectivity index (χ0) is 23.0. The van der Waals surface area contributed by atoms with E-state index < -0.39 is 10.0 Å². The molecule has 0 aliphatic rings. The predicted molar refractivity (Wildman–Crippen MR) is 126 cm³/mol. The molecule has 0 radical (unpaired) electrons. The highest BCUT2D eigenvalue weighted by atomic mass is 32.2. The van der Waals surface area contributed by atoms with Gasteiger partial charge in [-0.25, -0.2) is 8.42 Å². The van der Waals surface area contributed by atoms with Crippen LogP contribution in [0.25, 0.3) is 28.3 Å². The molecule has 164 valence electrons. The number of nitrogens with one attached hydrogen (secondary N) is 1. The average Bonchev–Trinajstić information content (AvgIpc) is 3.24. The molecule has 2 aromatic carbocycles. The van der Waals surface area contributed by atoms with Crippen LogP contribution >= 0.6 is 0 Å². The third-order valence-electron chi connectivity index (χ3n) is 5.40. The standard InChI is InChI=1S/C24H20N6O2S/c1-16-6-7-21(14-17(16)2)33(31,32)29-20-5-3-4-19(15-20)22-8-9-23-26-27-24(30(23)28-22)18-10-12-25-13-11-18/h3-15,29H,1-2H3. The van der Waals surface area contributed by atoms with Gasteiger partial charge in [-0.2, -0.15) is 9.61 Å². The number of sulfonamides is 1. The summed E-state index contributed by atoms with van der Waals surface area (Å²) in [6.45, 7) is 3.84. The summed E-state index contributed by atoms with van der Waals surface area (Å²) in [5.74, 6) is 0.598. The van der Waals surface area contributed by atoms with Crippen LogP contribution < -0.4 is 4.72 Å². The first-order chi connectivity index (χ1) is 15.9. The molecule has 9 heteroatoms. The van der Waals surface area contributed by atoms with E-state index in [1.54, 1.807) is 53.3 Å². The van der Waals surface area contributed by atoms with Gasteiger partial charge in [-0.3, -0.25) is 9.71 Å². The normalized spacial score (nSPS) is 11.6. The van der Waals surface area contributed by atoms with Gasteiger partial charge in [0.05, 0.1) is 10.6 Å². The summed E-state index contributed by atoms with van der Waals surface area (Å²) >= 11 is 0. The van der Waals surface area contributed by atoms with Crippen molar-refractivity contribution in [1.29, 1.82) is 0 Å². The fourth-order valence-electron chi connectivity index (χ4n) is 3.46. The molecule has 0 bridgehead atoms. The molecule has 0 saturated carbocycles. The Morgan fingerprint density at radius 1 is 0.818 bits per heavy atom. The lowest BCUT2D eigenvalue weighted by molar-refractivity contribution is 0.601. The van der Waals surface area contributed by atoms with Crippen molar-refractivity contribution < 1.29 is 8.42 Å². The van der Waals surface area contributed by atoms with Crippen LogP contribution in [0.2, 0.25) is 0 Å². The molecule has 0 aliphatic heterocycles. The molecular formula is C24H20N6O2S. The van der Waals surface area contributed by atoms with Crippen molar-refractivity contribution in [3.8, 4) is 22.6 Å². The maximum atomic E-state index is 12.9. The second-order valence-electron chi connectivity index (χ2n) is 7.68. The van der Waals surface area contributed by atoms with Gasteiger partial charge in [0, 0.05) is 29.2 Å². The third-order valence-corrected chi connectivity index (χ3v) is 6.78. The fraction of sp³-hybridized carbons (Fsp3) is 0.0833. The number of aryl methyl sites for hydroxylation is 2. The zero-order valence-electron chi connectivity index (χ0n) is 18.0. The summed E-state index contributed by atoms with van der Waals surface area (Å²) in [6, 6.07) is 19.5. The zero-order valence-corrected chi connectivity index (χ0v) is 18.8. The molecule has 0 fully saturated rings. The third kappa shape index (κ3) is 4.06. The van der Waals surface area contributed by atoms with E-state index in [1.807, 2.05) is 44.2 Å². The first-order valence-corrected chi connectivity index (χ1v) is 11.7. The number of nitrogens with zero attached hydrogens (tertiary/aromatic N) is 5. The highest BCUT2D eigenvalue weighted by molar-refractivity contribution is 7.92. The SMILES string of the molecule is Cc1ccc(S(=O)(=O)Nc2cccc(-c3ccc4nnc(-c5ccncc5)n4n3)c2)cc1C. The number of anilines is 1. The molecule has 0 unspecified atom stereocenters. The van der Waals surface area contributed by atoms with Gasteiger partial charge in [-0.1, -0.05) is 18.2 Å². The van der Waals surface area contributed by atoms with Gasteiger partial charge in [-0.15, -0.1) is 10.2 Å². The summed E-state index contributed by atoms with van der Waals surface area (Å²) in [5.41, 5.74) is 5.27. The predicted octanol–water partition coefficient (Wildman–Crippen LogP) is 4.27. The van der Waals surface area contributed by atoms with Gasteiger partial charge >= 0.3 is 0 Å². The number of hydrogen-bond donors (Lipinski definition) is 1. The summed E-state index contributed by atoms with van der Waals surface area (Å²) in [4.78, 5) is 4.26. The molecule has 0 atom stereocenters. The number of fused-ring (bicyclic) bond motifs is 1. The number of aromatic nitrogens is 5. The molecule has 0 saturated heterocycles. The minimum atomic E-state index is -3.72. The van der Waals surface area contributed by atoms with Crippen molar-refractivity contribution in [2.75, 3.05) is 4.72 Å². The Morgan fingerprint density at radius 3 is 2.42 bits per heavy atom. The Labute approximate surface area is 191 Å². The van der Waals surface area contributed by atoms with Crippen LogP contribution in [0.15, 0.2) is 84.0 Å². The Kier molecular flexibility index (Phi) is 5.10. The minimum Gasteiger partial charge on any atom is -0.280 e. The van der Waals surface area contributed by atoms with Crippen LogP contribution in [0.5, 0.6) is 0 Å². The Hall–Kier alpha value is -4.11. The van der Waals surface area contributed by atoms with E-state index in [0.29, 0.717) is 22.9 Å². The van der Waals surface area contributed by atoms with E-state index in [4.69, 9.17) is 5.10 Å². The largest absolute Gasteiger partial charge is 0.280 e. The summed E-state index contributed by atoms with van der Waals surface area (Å²) in [5, 5.41) is 13.1. The van der Waals surface area contributed by atoms with Crippen molar-refractivity contribution >= 4 is 21.4 Å². The van der Waals surface area contributed by atoms with E-state index in [9.17, 15) is 8.42 Å². The Balaban J connectivity index is 1.49. The molecule has 3 aromatic heterocycles. The van der Waals surface area contributed by atoms with Crippen LogP contribution in [0, 0.1) is 13.8 Å². The Morgan fingerprint density at radius 2 is 1.64 bits per heavy atom. The van der Waals surface area contributed by atoms with Crippen LogP contribution in [0.1, 0.15) is 11.1 Å². The summed E-state index contributed by atoms with van der Waals surface area (Å²) < 4.78 is 30.1. The van der Waals surface area contributed by atoms with Gasteiger partial charge in [-0.05, 0) is 73.5 Å². The molecule has 5 rings (SSSR count). The lowest BCUT2D eigenvalue weighted by Crippen LogP contribution is -2.13. The van der Waals surface area contributed by atoms with E-state index in [-0.39, 0.29) is 4.90 Å². The molecule has 8 nitrogen and oxygen atoms in total. The summed E-state index contributed by atoms with van der Waals surface area (Å²) in [6.07, 6.45) is 3.37. The van der Waals surface area contributed by atoms with Crippen molar-refractivity contribution in [2.24, 2.45) is 0 Å². The minimum absolute atomic E-state index is 0.224. The van der Waals surface area contributed by atoms with Crippen LogP contribution in [-0.4, -0.2) is 33.2 Å². The quantitative estimate of drug-likeness (QED) is 0.424. The van der Waals surface area contributed by atoms with Crippen LogP contribution in [-0.2, 0) is 10.0 Å². The number of hydrogen-bond acceptors (Lipinski definition) is 6. The smallest absolute Gasteiger partial charge is 0.261 e. The first-order valence-electron chi connectivity index (χ1n) is 10.2. The Bertz CT molecular complexity index is 1580. The van der Waals surface area contributed by atoms with Crippen LogP contribution in [0.4, 0.5) is 5.69 Å². The lowest BCUT2D eigenvalue weighted by Gasteiger charge is -2.11. The molecular weight excluding hydrogens is 436 g/mol. The second kappa shape index (κ2) is 8.10. The van der Waals surface area contributed by atoms with Crippen molar-refractivity contribution in [3.63, 3.8) is 0 Å². The number of benzene rings is 2. The summed E-state index contributed by atoms with van der Waals surface area (Å²) in [7, 11) is -3.72. The molecule has 0 amide bonds. The molecule has 1 N–H and O–H groups in total. The number of rotatable bonds is 5. The highest BCUT2D eigenvalue weighted by Crippen LogP contribution is 2.25. The fourth-order valence-corrected chi connectivity index (χ4v) is 4.60. The molecule has 5 aromatic rings. The first kappa shape index (κ1) is 20.8. The molecule has 0 spiro atoms. The van der Waals surface area contributed by atoms with E-state index in [0.717, 1.165) is 22.3 Å². The topological polar surface area (TPSA) is 102 Å². The van der Waals surface area contributed by atoms with Gasteiger partial charge in [0.1, 0.15) is 0 Å². The molecule has 33 heavy (non-hydrogen) atoms. The maximum absolute atomic E-state index is 12.9. The second-order valence-corrected chi connectivity index (χ2v) is 9.36. The molecule has 0 aliphatic carbocycles. The van der Waals surface area contributed by atoms with Gasteiger partial charge in [0.15, 0.2) is 11.5 Å². The van der Waals surface area contributed by atoms with Crippen LogP contribution in [0.3, 0.4) is 0 Å². The maximum Gasteiger partial charge on any atom is 0.261 e. The van der Waals surface area contributed by atoms with Gasteiger partial charge in [0.25, 0.3) is 10.0 Å². The van der Waals surface area contributed by atoms with E-state index in [1.165, 1.54) is 0 Å². The van der Waals surface area contributed by atoms with Gasteiger partial charge < -0.3 is 0 Å². The lowest BCUT2D eigenvalue weighted by atomic mass is 10.1. The van der Waals surface area contributed by atoms with Crippen molar-refractivity contribution in [1.82, 2.24) is 24.8 Å². The van der Waals surface area contributed by atoms with Gasteiger partial charge in [0.2, 0.25) is 0 Å². The monoisotopic (exact) mass is 456 g/mol. The van der Waals surface area contributed by atoms with Crippen molar-refractivity contribution in [3.05, 3.63) is 90.3 Å². The van der Waals surface area contributed by atoms with Crippen molar-refractivity contribution in [2.45, 2.75) is 18.7 Å².